The minimum Gasteiger partial charge on any atom is -0.495 e. The van der Waals surface area contributed by atoms with Crippen LogP contribution in [0.15, 0.2) is 18.2 Å². The Kier molecular flexibility index (Phi) is 4.73. The van der Waals surface area contributed by atoms with Crippen LogP contribution in [0.2, 0.25) is 0 Å². The first-order valence-corrected chi connectivity index (χ1v) is 7.38. The molecule has 1 aromatic rings. The molecule has 0 bridgehead atoms. The zero-order chi connectivity index (χ0) is 15.5. The Hall–Kier alpha value is -1.75. The van der Waals surface area contributed by atoms with Crippen LogP contribution in [-0.4, -0.2) is 44.1 Å². The van der Waals surface area contributed by atoms with E-state index in [1.54, 1.807) is 25.3 Å². The van der Waals surface area contributed by atoms with E-state index in [9.17, 15) is 4.79 Å². The highest BCUT2D eigenvalue weighted by Crippen LogP contribution is 2.33. The van der Waals surface area contributed by atoms with Crippen molar-refractivity contribution in [1.82, 2.24) is 10.2 Å². The number of amides is 1. The van der Waals surface area contributed by atoms with E-state index in [-0.39, 0.29) is 11.4 Å². The summed E-state index contributed by atoms with van der Waals surface area (Å²) in [7, 11) is 5.72. The molecule has 1 amide bonds. The minimum absolute atomic E-state index is 0.0820. The van der Waals surface area contributed by atoms with Crippen LogP contribution in [0.1, 0.15) is 36.0 Å². The first-order chi connectivity index (χ1) is 9.98. The van der Waals surface area contributed by atoms with Crippen LogP contribution in [0, 0.1) is 0 Å². The lowest BCUT2D eigenvalue weighted by molar-refractivity contribution is 0.0899. The Morgan fingerprint density at radius 3 is 2.62 bits per heavy atom. The molecule has 21 heavy (non-hydrogen) atoms. The van der Waals surface area contributed by atoms with Crippen molar-refractivity contribution in [2.45, 2.75) is 31.2 Å². The van der Waals surface area contributed by atoms with Crippen LogP contribution in [0.25, 0.3) is 0 Å². The molecule has 0 atom stereocenters. The first kappa shape index (κ1) is 15.6. The molecular formula is C16H25N3O2. The van der Waals surface area contributed by atoms with E-state index in [4.69, 9.17) is 10.5 Å². The van der Waals surface area contributed by atoms with E-state index in [0.717, 1.165) is 12.8 Å². The molecule has 1 aromatic carbocycles. The quantitative estimate of drug-likeness (QED) is 0.813. The van der Waals surface area contributed by atoms with E-state index < -0.39 is 0 Å². The number of hydrogen-bond donors (Lipinski definition) is 2. The highest BCUT2D eigenvalue weighted by atomic mass is 16.5. The van der Waals surface area contributed by atoms with Crippen molar-refractivity contribution in [3.8, 4) is 5.75 Å². The van der Waals surface area contributed by atoms with Crippen molar-refractivity contribution >= 4 is 11.6 Å². The molecule has 0 saturated heterocycles. The summed E-state index contributed by atoms with van der Waals surface area (Å²) in [6.45, 7) is 0.672. The number of carbonyl (C=O) groups is 1. The summed E-state index contributed by atoms with van der Waals surface area (Å²) in [6.07, 6.45) is 4.71. The molecule has 0 spiro atoms. The number of nitrogens with one attached hydrogen (secondary N) is 1. The number of benzene rings is 1. The molecule has 1 fully saturated rings. The summed E-state index contributed by atoms with van der Waals surface area (Å²) in [4.78, 5) is 14.6. The molecule has 5 heteroatoms. The predicted octanol–water partition coefficient (Wildman–Crippen LogP) is 1.88. The molecular weight excluding hydrogens is 266 g/mol. The number of hydrogen-bond acceptors (Lipinski definition) is 4. The van der Waals surface area contributed by atoms with Crippen molar-refractivity contribution in [1.29, 1.82) is 0 Å². The van der Waals surface area contributed by atoms with Gasteiger partial charge < -0.3 is 20.7 Å². The van der Waals surface area contributed by atoms with Crippen LogP contribution in [0.3, 0.4) is 0 Å². The van der Waals surface area contributed by atoms with E-state index in [1.165, 1.54) is 12.8 Å². The fourth-order valence-corrected chi connectivity index (χ4v) is 3.01. The van der Waals surface area contributed by atoms with Crippen LogP contribution < -0.4 is 15.8 Å². The van der Waals surface area contributed by atoms with Gasteiger partial charge in [0, 0.05) is 17.6 Å². The molecule has 0 radical (unpaired) electrons. The minimum atomic E-state index is -0.0820. The monoisotopic (exact) mass is 291 g/mol. The lowest BCUT2D eigenvalue weighted by Gasteiger charge is -2.36. The predicted molar refractivity (Wildman–Crippen MR) is 84.6 cm³/mol. The summed E-state index contributed by atoms with van der Waals surface area (Å²) in [6, 6.07) is 5.11. The number of nitrogens with zero attached hydrogens (tertiary/aromatic N) is 1. The maximum absolute atomic E-state index is 12.3. The molecule has 0 heterocycles. The highest BCUT2D eigenvalue weighted by molar-refractivity contribution is 5.95. The first-order valence-electron chi connectivity index (χ1n) is 7.38. The van der Waals surface area contributed by atoms with Crippen molar-refractivity contribution in [3.63, 3.8) is 0 Å². The molecule has 1 saturated carbocycles. The van der Waals surface area contributed by atoms with Gasteiger partial charge in [0.1, 0.15) is 5.75 Å². The van der Waals surface area contributed by atoms with E-state index in [0.29, 0.717) is 23.5 Å². The number of rotatable bonds is 5. The fraction of sp³-hybridized carbons (Fsp3) is 0.562. The second kappa shape index (κ2) is 6.35. The maximum atomic E-state index is 12.3. The molecule has 0 aliphatic heterocycles. The summed E-state index contributed by atoms with van der Waals surface area (Å²) in [5.74, 6) is 0.451. The average Bonchev–Trinajstić information content (AvgIpc) is 2.95. The smallest absolute Gasteiger partial charge is 0.251 e. The molecule has 1 aliphatic carbocycles. The van der Waals surface area contributed by atoms with Gasteiger partial charge in [-0.05, 0) is 45.1 Å². The topological polar surface area (TPSA) is 67.6 Å². The SMILES string of the molecule is COc1cc(C(=O)NCC2(N(C)C)CCCC2)ccc1N. The van der Waals surface area contributed by atoms with Gasteiger partial charge in [0.15, 0.2) is 0 Å². The molecule has 0 unspecified atom stereocenters. The zero-order valence-electron chi connectivity index (χ0n) is 13.1. The largest absolute Gasteiger partial charge is 0.495 e. The number of nitrogen functional groups attached to an aromatic ring is 1. The van der Waals surface area contributed by atoms with Gasteiger partial charge in [-0.2, -0.15) is 0 Å². The van der Waals surface area contributed by atoms with Crippen molar-refractivity contribution in [3.05, 3.63) is 23.8 Å². The molecule has 3 N–H and O–H groups in total. The third kappa shape index (κ3) is 3.29. The summed E-state index contributed by atoms with van der Waals surface area (Å²) < 4.78 is 5.16. The standard InChI is InChI=1S/C16H25N3O2/c1-19(2)16(8-4-5-9-16)11-18-15(20)12-6-7-13(17)14(10-12)21-3/h6-7,10H,4-5,8-9,11,17H2,1-3H3,(H,18,20). The number of likely N-dealkylation sites (N-methyl/N-ethyl adjacent to an activating group) is 1. The number of anilines is 1. The molecule has 2 rings (SSSR count). The lowest BCUT2D eigenvalue weighted by atomic mass is 9.96. The van der Waals surface area contributed by atoms with Gasteiger partial charge in [-0.1, -0.05) is 12.8 Å². The van der Waals surface area contributed by atoms with Crippen LogP contribution in [0.5, 0.6) is 5.75 Å². The Labute approximate surface area is 126 Å². The molecule has 1 aliphatic rings. The van der Waals surface area contributed by atoms with Gasteiger partial charge in [0.25, 0.3) is 5.91 Å². The lowest BCUT2D eigenvalue weighted by Crippen LogP contribution is -2.50. The van der Waals surface area contributed by atoms with Gasteiger partial charge in [-0.3, -0.25) is 4.79 Å². The number of methoxy groups -OCH3 is 1. The Balaban J connectivity index is 2.04. The normalized spacial score (nSPS) is 17.0. The average molecular weight is 291 g/mol. The third-order valence-electron chi connectivity index (χ3n) is 4.56. The number of nitrogens with two attached hydrogens (primary N) is 1. The van der Waals surface area contributed by atoms with E-state index >= 15 is 0 Å². The van der Waals surface area contributed by atoms with E-state index in [1.807, 2.05) is 0 Å². The van der Waals surface area contributed by atoms with Gasteiger partial charge in [0.05, 0.1) is 12.8 Å². The second-order valence-corrected chi connectivity index (χ2v) is 5.97. The van der Waals surface area contributed by atoms with Gasteiger partial charge in [-0.25, -0.2) is 0 Å². The van der Waals surface area contributed by atoms with Crippen LogP contribution in [-0.2, 0) is 0 Å². The van der Waals surface area contributed by atoms with Crippen LogP contribution in [0.4, 0.5) is 5.69 Å². The fourth-order valence-electron chi connectivity index (χ4n) is 3.01. The number of carbonyl (C=O) groups excluding carboxylic acids is 1. The van der Waals surface area contributed by atoms with Crippen LogP contribution >= 0.6 is 0 Å². The molecule has 116 valence electrons. The van der Waals surface area contributed by atoms with Crippen molar-refractivity contribution < 1.29 is 9.53 Å². The number of ether oxygens (including phenoxy) is 1. The molecule has 5 nitrogen and oxygen atoms in total. The van der Waals surface area contributed by atoms with Crippen molar-refractivity contribution in [2.75, 3.05) is 33.5 Å². The van der Waals surface area contributed by atoms with Crippen molar-refractivity contribution in [2.24, 2.45) is 0 Å². The maximum Gasteiger partial charge on any atom is 0.251 e. The Morgan fingerprint density at radius 2 is 2.05 bits per heavy atom. The summed E-state index contributed by atoms with van der Waals surface area (Å²) >= 11 is 0. The Bertz CT molecular complexity index is 508. The Morgan fingerprint density at radius 1 is 1.38 bits per heavy atom. The van der Waals surface area contributed by atoms with Gasteiger partial charge in [0.2, 0.25) is 0 Å². The molecule has 0 aromatic heterocycles. The summed E-state index contributed by atoms with van der Waals surface area (Å²) in [5.41, 5.74) is 6.98. The zero-order valence-corrected chi connectivity index (χ0v) is 13.1. The second-order valence-electron chi connectivity index (χ2n) is 5.97. The summed E-state index contributed by atoms with van der Waals surface area (Å²) in [5, 5.41) is 3.06. The third-order valence-corrected chi connectivity index (χ3v) is 4.56. The van der Waals surface area contributed by atoms with Gasteiger partial charge in [-0.15, -0.1) is 0 Å². The van der Waals surface area contributed by atoms with Gasteiger partial charge >= 0.3 is 0 Å². The van der Waals surface area contributed by atoms with E-state index in [2.05, 4.69) is 24.3 Å². The highest BCUT2D eigenvalue weighted by Gasteiger charge is 2.36.